The summed E-state index contributed by atoms with van der Waals surface area (Å²) < 4.78 is 12.7. The summed E-state index contributed by atoms with van der Waals surface area (Å²) in [6.07, 6.45) is 0. The van der Waals surface area contributed by atoms with Gasteiger partial charge in [-0.25, -0.2) is 4.39 Å². The van der Waals surface area contributed by atoms with E-state index in [1.165, 1.54) is 4.90 Å². The van der Waals surface area contributed by atoms with Crippen molar-refractivity contribution in [1.82, 2.24) is 20.6 Å². The molecule has 1 heterocycles. The predicted molar refractivity (Wildman–Crippen MR) is 48.7 cm³/mol. The molecule has 0 aliphatic heterocycles. The highest BCUT2D eigenvalue weighted by Gasteiger charge is 2.11. The minimum Gasteiger partial charge on any atom is -0.279 e. The summed E-state index contributed by atoms with van der Waals surface area (Å²) in [5, 5.41) is 13.1. The summed E-state index contributed by atoms with van der Waals surface area (Å²) in [6.45, 7) is -0.691. The Kier molecular flexibility index (Phi) is 2.35. The van der Waals surface area contributed by atoms with E-state index < -0.39 is 6.80 Å². The van der Waals surface area contributed by atoms with Crippen LogP contribution in [0.3, 0.4) is 0 Å². The van der Waals surface area contributed by atoms with Crippen LogP contribution in [0.15, 0.2) is 30.3 Å². The van der Waals surface area contributed by atoms with Gasteiger partial charge in [-0.15, -0.1) is 5.10 Å². The zero-order valence-corrected chi connectivity index (χ0v) is 7.26. The van der Waals surface area contributed by atoms with E-state index in [0.717, 1.165) is 0 Å². The lowest BCUT2D eigenvalue weighted by atomic mass is 10.3. The molecule has 0 bridgehead atoms. The molecule has 6 heteroatoms. The van der Waals surface area contributed by atoms with Crippen LogP contribution in [0.5, 0.6) is 0 Å². The molecule has 0 saturated carbocycles. The van der Waals surface area contributed by atoms with Crippen LogP contribution in [0, 0.1) is 0 Å². The number of aromatic nitrogens is 4. The first kappa shape index (κ1) is 8.61. The van der Waals surface area contributed by atoms with Crippen LogP contribution in [0.4, 0.5) is 16.0 Å². The maximum Gasteiger partial charge on any atom is 0.272 e. The molecule has 72 valence electrons. The van der Waals surface area contributed by atoms with Crippen molar-refractivity contribution >= 4 is 11.6 Å². The summed E-state index contributed by atoms with van der Waals surface area (Å²) in [4.78, 5) is 1.31. The second-order valence-electron chi connectivity index (χ2n) is 2.59. The lowest BCUT2D eigenvalue weighted by Gasteiger charge is -2.15. The Bertz CT molecular complexity index is 374. The van der Waals surface area contributed by atoms with Crippen LogP contribution in [-0.2, 0) is 0 Å². The van der Waals surface area contributed by atoms with Crippen molar-refractivity contribution in [2.45, 2.75) is 0 Å². The number of hydrogen-bond donors (Lipinski definition) is 1. The quantitative estimate of drug-likeness (QED) is 0.745. The first-order valence-electron chi connectivity index (χ1n) is 4.04. The van der Waals surface area contributed by atoms with Gasteiger partial charge >= 0.3 is 0 Å². The highest BCUT2D eigenvalue weighted by Crippen LogP contribution is 2.19. The Morgan fingerprint density at radius 3 is 2.64 bits per heavy atom. The summed E-state index contributed by atoms with van der Waals surface area (Å²) in [5.74, 6) is 0.221. The molecule has 14 heavy (non-hydrogen) atoms. The zero-order chi connectivity index (χ0) is 9.80. The second kappa shape index (κ2) is 3.82. The van der Waals surface area contributed by atoms with Crippen molar-refractivity contribution in [1.29, 1.82) is 0 Å². The number of aromatic amines is 1. The molecule has 2 rings (SSSR count). The molecule has 5 nitrogen and oxygen atoms in total. The van der Waals surface area contributed by atoms with Gasteiger partial charge in [-0.2, -0.15) is 5.21 Å². The Morgan fingerprint density at radius 2 is 2.07 bits per heavy atom. The van der Waals surface area contributed by atoms with Gasteiger partial charge in [0.05, 0.1) is 0 Å². The van der Waals surface area contributed by atoms with Crippen molar-refractivity contribution in [2.24, 2.45) is 0 Å². The molecule has 0 radical (unpaired) electrons. The van der Waals surface area contributed by atoms with Crippen molar-refractivity contribution in [3.8, 4) is 0 Å². The van der Waals surface area contributed by atoms with E-state index in [-0.39, 0.29) is 5.95 Å². The third kappa shape index (κ3) is 1.54. The monoisotopic (exact) mass is 193 g/mol. The molecule has 1 aromatic carbocycles. The number of H-pyrrole nitrogens is 1. The van der Waals surface area contributed by atoms with Crippen LogP contribution < -0.4 is 4.90 Å². The van der Waals surface area contributed by atoms with E-state index in [4.69, 9.17) is 0 Å². The number of halogens is 1. The smallest absolute Gasteiger partial charge is 0.272 e. The normalized spacial score (nSPS) is 10.1. The molecule has 0 aliphatic carbocycles. The summed E-state index contributed by atoms with van der Waals surface area (Å²) >= 11 is 0. The molecule has 0 saturated heterocycles. The van der Waals surface area contributed by atoms with Gasteiger partial charge in [0.25, 0.3) is 5.95 Å². The van der Waals surface area contributed by atoms with Gasteiger partial charge in [0.15, 0.2) is 6.80 Å². The third-order valence-corrected chi connectivity index (χ3v) is 1.76. The molecule has 0 aliphatic rings. The third-order valence-electron chi connectivity index (χ3n) is 1.76. The molecule has 2 aromatic rings. The van der Waals surface area contributed by atoms with Crippen LogP contribution in [-0.4, -0.2) is 27.4 Å². The minimum atomic E-state index is -0.691. The summed E-state index contributed by atoms with van der Waals surface area (Å²) in [5.41, 5.74) is 0.691. The lowest BCUT2D eigenvalue weighted by Crippen LogP contribution is -2.16. The van der Waals surface area contributed by atoms with Gasteiger partial charge in [-0.3, -0.25) is 4.90 Å². The van der Waals surface area contributed by atoms with Gasteiger partial charge in [0, 0.05) is 5.69 Å². The number of alkyl halides is 1. The average Bonchev–Trinajstić information content (AvgIpc) is 2.74. The number of rotatable bonds is 3. The maximum atomic E-state index is 12.7. The van der Waals surface area contributed by atoms with Gasteiger partial charge < -0.3 is 0 Å². The number of para-hydroxylation sites is 1. The van der Waals surface area contributed by atoms with E-state index in [1.807, 2.05) is 18.2 Å². The van der Waals surface area contributed by atoms with E-state index in [1.54, 1.807) is 12.1 Å². The van der Waals surface area contributed by atoms with Gasteiger partial charge in [-0.1, -0.05) is 23.3 Å². The van der Waals surface area contributed by atoms with Crippen molar-refractivity contribution in [3.63, 3.8) is 0 Å². The van der Waals surface area contributed by atoms with Crippen LogP contribution in [0.1, 0.15) is 0 Å². The fourth-order valence-electron chi connectivity index (χ4n) is 1.12. The predicted octanol–water partition coefficient (Wildman–Crippen LogP) is 1.26. The molecule has 0 spiro atoms. The van der Waals surface area contributed by atoms with E-state index in [2.05, 4.69) is 20.6 Å². The summed E-state index contributed by atoms with van der Waals surface area (Å²) in [6, 6.07) is 9.04. The topological polar surface area (TPSA) is 57.7 Å². The number of nitrogens with zero attached hydrogens (tertiary/aromatic N) is 4. The first-order chi connectivity index (χ1) is 6.92. The summed E-state index contributed by atoms with van der Waals surface area (Å²) in [7, 11) is 0. The number of nitrogens with one attached hydrogen (secondary N) is 1. The largest absolute Gasteiger partial charge is 0.279 e. The van der Waals surface area contributed by atoms with Crippen LogP contribution >= 0.6 is 0 Å². The number of benzene rings is 1. The minimum absolute atomic E-state index is 0.221. The van der Waals surface area contributed by atoms with Gasteiger partial charge in [0.2, 0.25) is 0 Å². The van der Waals surface area contributed by atoms with Crippen molar-refractivity contribution in [2.75, 3.05) is 11.7 Å². The number of tetrazole rings is 1. The molecule has 0 atom stereocenters. The van der Waals surface area contributed by atoms with Gasteiger partial charge in [-0.05, 0) is 17.3 Å². The van der Waals surface area contributed by atoms with Crippen molar-refractivity contribution in [3.05, 3.63) is 30.3 Å². The van der Waals surface area contributed by atoms with Crippen molar-refractivity contribution < 1.29 is 4.39 Å². The highest BCUT2D eigenvalue weighted by molar-refractivity contribution is 5.55. The van der Waals surface area contributed by atoms with E-state index in [0.29, 0.717) is 5.69 Å². The Morgan fingerprint density at radius 1 is 1.29 bits per heavy atom. The van der Waals surface area contributed by atoms with Crippen LogP contribution in [0.25, 0.3) is 0 Å². The maximum absolute atomic E-state index is 12.7. The fraction of sp³-hybridized carbons (Fsp3) is 0.125. The SMILES string of the molecule is FCN(c1ccccc1)c1nn[nH]n1. The molecule has 0 fully saturated rings. The first-order valence-corrected chi connectivity index (χ1v) is 4.04. The Labute approximate surface area is 79.6 Å². The second-order valence-corrected chi connectivity index (χ2v) is 2.59. The fourth-order valence-corrected chi connectivity index (χ4v) is 1.12. The molecule has 0 amide bonds. The molecular formula is C8H8FN5. The molecule has 0 unspecified atom stereocenters. The number of hydrogen-bond acceptors (Lipinski definition) is 4. The molecular weight excluding hydrogens is 185 g/mol. The average molecular weight is 193 g/mol. The highest BCUT2D eigenvalue weighted by atomic mass is 19.1. The Hall–Kier alpha value is -1.98. The zero-order valence-electron chi connectivity index (χ0n) is 7.26. The van der Waals surface area contributed by atoms with E-state index >= 15 is 0 Å². The molecule has 1 N–H and O–H groups in total. The molecule has 1 aromatic heterocycles. The Balaban J connectivity index is 2.31. The van der Waals surface area contributed by atoms with Gasteiger partial charge in [0.1, 0.15) is 0 Å². The number of anilines is 2. The van der Waals surface area contributed by atoms with E-state index in [9.17, 15) is 4.39 Å². The lowest BCUT2D eigenvalue weighted by molar-refractivity contribution is 0.498. The van der Waals surface area contributed by atoms with Crippen LogP contribution in [0.2, 0.25) is 0 Å². The standard InChI is InChI=1S/C8H8FN5/c9-6-14(8-10-12-13-11-8)7-4-2-1-3-5-7/h1-5H,6H2,(H,10,11,12,13).